The first-order chi connectivity index (χ1) is 8.15. The highest BCUT2D eigenvalue weighted by molar-refractivity contribution is 6.29. The van der Waals surface area contributed by atoms with Crippen LogP contribution in [-0.4, -0.2) is 42.7 Å². The van der Waals surface area contributed by atoms with Gasteiger partial charge in [-0.1, -0.05) is 18.2 Å². The maximum atomic E-state index is 9.25. The molecule has 4 heteroatoms. The third-order valence-electron chi connectivity index (χ3n) is 2.98. The minimum absolute atomic E-state index is 0.311. The molecule has 17 heavy (non-hydrogen) atoms. The second kappa shape index (κ2) is 5.43. The predicted molar refractivity (Wildman–Crippen MR) is 71.8 cm³/mol. The molecule has 1 N–H and O–H groups in total. The van der Waals surface area contributed by atoms with E-state index < -0.39 is 0 Å². The summed E-state index contributed by atoms with van der Waals surface area (Å²) >= 11 is 5.80. The Kier molecular flexibility index (Phi) is 3.92. The molecular weight excluding hydrogens is 236 g/mol. The highest BCUT2D eigenvalue weighted by Gasteiger charge is 2.17. The summed E-state index contributed by atoms with van der Waals surface area (Å²) in [7, 11) is 0. The molecule has 0 spiro atoms. The van der Waals surface area contributed by atoms with Crippen molar-refractivity contribution < 1.29 is 5.11 Å². The van der Waals surface area contributed by atoms with E-state index in [4.69, 9.17) is 11.6 Å². The van der Waals surface area contributed by atoms with Crippen LogP contribution in [0, 0.1) is 0 Å². The van der Waals surface area contributed by atoms with Gasteiger partial charge in [0.25, 0.3) is 0 Å². The number of phenolic OH excluding ortho intramolecular Hbond substituents is 1. The number of piperazine rings is 1. The molecule has 92 valence electrons. The van der Waals surface area contributed by atoms with Gasteiger partial charge in [-0.25, -0.2) is 0 Å². The number of anilines is 1. The smallest absolute Gasteiger partial charge is 0.115 e. The summed E-state index contributed by atoms with van der Waals surface area (Å²) in [5.74, 6) is 0.311. The minimum Gasteiger partial charge on any atom is -0.508 e. The lowest BCUT2D eigenvalue weighted by atomic mass is 10.2. The molecule has 0 bridgehead atoms. The SMILES string of the molecule is C=C(Cl)CN1CCN(c2ccc(O)cc2)CC1. The Hall–Kier alpha value is -1.19. The van der Waals surface area contributed by atoms with E-state index >= 15 is 0 Å². The number of benzene rings is 1. The van der Waals surface area contributed by atoms with Crippen LogP contribution in [0.5, 0.6) is 5.75 Å². The standard InChI is InChI=1S/C13H17ClN2O/c1-11(14)10-15-6-8-16(9-7-15)12-2-4-13(17)5-3-12/h2-5,17H,1,6-10H2. The van der Waals surface area contributed by atoms with Crippen molar-refractivity contribution >= 4 is 17.3 Å². The summed E-state index contributed by atoms with van der Waals surface area (Å²) in [5, 5.41) is 9.94. The number of hydrogen-bond acceptors (Lipinski definition) is 3. The number of rotatable bonds is 3. The van der Waals surface area contributed by atoms with E-state index in [0.717, 1.165) is 38.4 Å². The lowest BCUT2D eigenvalue weighted by molar-refractivity contribution is 0.282. The average Bonchev–Trinajstić information content (AvgIpc) is 2.30. The van der Waals surface area contributed by atoms with Crippen LogP contribution in [0.1, 0.15) is 0 Å². The van der Waals surface area contributed by atoms with Crippen molar-refractivity contribution in [2.24, 2.45) is 0 Å². The van der Waals surface area contributed by atoms with Gasteiger partial charge in [0, 0.05) is 43.4 Å². The number of nitrogens with zero attached hydrogens (tertiary/aromatic N) is 2. The van der Waals surface area contributed by atoms with Gasteiger partial charge in [-0.3, -0.25) is 4.90 Å². The van der Waals surface area contributed by atoms with Gasteiger partial charge in [-0.2, -0.15) is 0 Å². The molecule has 1 aliphatic heterocycles. The summed E-state index contributed by atoms with van der Waals surface area (Å²) in [6.07, 6.45) is 0. The van der Waals surface area contributed by atoms with Crippen LogP contribution in [0.3, 0.4) is 0 Å². The number of halogens is 1. The Balaban J connectivity index is 1.90. The maximum Gasteiger partial charge on any atom is 0.115 e. The fourth-order valence-electron chi connectivity index (χ4n) is 2.07. The second-order valence-electron chi connectivity index (χ2n) is 4.30. The fraction of sp³-hybridized carbons (Fsp3) is 0.385. The van der Waals surface area contributed by atoms with Gasteiger partial charge in [0.2, 0.25) is 0 Å². The highest BCUT2D eigenvalue weighted by Crippen LogP contribution is 2.20. The zero-order valence-corrected chi connectivity index (χ0v) is 10.5. The minimum atomic E-state index is 0.311. The largest absolute Gasteiger partial charge is 0.508 e. The third kappa shape index (κ3) is 3.38. The molecule has 2 rings (SSSR count). The molecule has 1 fully saturated rings. The topological polar surface area (TPSA) is 26.7 Å². The molecule has 1 aliphatic rings. The summed E-state index contributed by atoms with van der Waals surface area (Å²) in [4.78, 5) is 4.61. The highest BCUT2D eigenvalue weighted by atomic mass is 35.5. The van der Waals surface area contributed by atoms with Crippen LogP contribution < -0.4 is 4.90 Å². The Bertz CT molecular complexity index is 383. The molecule has 0 radical (unpaired) electrons. The van der Waals surface area contributed by atoms with E-state index in [-0.39, 0.29) is 0 Å². The molecule has 3 nitrogen and oxygen atoms in total. The van der Waals surface area contributed by atoms with Crippen LogP contribution in [0.2, 0.25) is 0 Å². The van der Waals surface area contributed by atoms with Crippen molar-refractivity contribution in [1.29, 1.82) is 0 Å². The zero-order valence-electron chi connectivity index (χ0n) is 9.77. The molecule has 0 saturated carbocycles. The molecule has 1 heterocycles. The Morgan fingerprint density at radius 2 is 1.76 bits per heavy atom. The lowest BCUT2D eigenvalue weighted by Gasteiger charge is -2.35. The second-order valence-corrected chi connectivity index (χ2v) is 4.83. The van der Waals surface area contributed by atoms with Gasteiger partial charge in [0.05, 0.1) is 0 Å². The van der Waals surface area contributed by atoms with Crippen LogP contribution >= 0.6 is 11.6 Å². The Labute approximate surface area is 107 Å². The van der Waals surface area contributed by atoms with E-state index in [1.165, 1.54) is 0 Å². The van der Waals surface area contributed by atoms with Crippen molar-refractivity contribution in [2.45, 2.75) is 0 Å². The quantitative estimate of drug-likeness (QED) is 0.894. The van der Waals surface area contributed by atoms with Gasteiger partial charge >= 0.3 is 0 Å². The van der Waals surface area contributed by atoms with Crippen molar-refractivity contribution in [2.75, 3.05) is 37.6 Å². The van der Waals surface area contributed by atoms with Crippen molar-refractivity contribution in [3.8, 4) is 5.75 Å². The molecule has 1 saturated heterocycles. The van der Waals surface area contributed by atoms with Gasteiger partial charge in [0.15, 0.2) is 0 Å². The molecule has 0 amide bonds. The van der Waals surface area contributed by atoms with Gasteiger partial charge in [-0.15, -0.1) is 0 Å². The van der Waals surface area contributed by atoms with Gasteiger partial charge in [-0.05, 0) is 24.3 Å². The van der Waals surface area contributed by atoms with Crippen molar-refractivity contribution in [3.05, 3.63) is 35.9 Å². The molecule has 0 aromatic heterocycles. The lowest BCUT2D eigenvalue weighted by Crippen LogP contribution is -2.46. The van der Waals surface area contributed by atoms with Crippen LogP contribution in [-0.2, 0) is 0 Å². The monoisotopic (exact) mass is 252 g/mol. The maximum absolute atomic E-state index is 9.25. The van der Waals surface area contributed by atoms with E-state index in [1.807, 2.05) is 12.1 Å². The molecule has 1 aromatic carbocycles. The Morgan fingerprint density at radius 3 is 2.29 bits per heavy atom. The summed E-state index contributed by atoms with van der Waals surface area (Å²) < 4.78 is 0. The van der Waals surface area contributed by atoms with Gasteiger partial charge < -0.3 is 10.0 Å². The predicted octanol–water partition coefficient (Wildman–Crippen LogP) is 2.27. The fourth-order valence-corrected chi connectivity index (χ4v) is 2.24. The number of phenols is 1. The van der Waals surface area contributed by atoms with E-state index in [2.05, 4.69) is 16.4 Å². The zero-order chi connectivity index (χ0) is 12.3. The van der Waals surface area contributed by atoms with E-state index in [0.29, 0.717) is 10.8 Å². The first-order valence-corrected chi connectivity index (χ1v) is 6.12. The number of hydrogen-bond donors (Lipinski definition) is 1. The summed E-state index contributed by atoms with van der Waals surface area (Å²) in [6, 6.07) is 7.35. The van der Waals surface area contributed by atoms with Crippen molar-refractivity contribution in [1.82, 2.24) is 4.90 Å². The first kappa shape index (κ1) is 12.3. The van der Waals surface area contributed by atoms with Crippen molar-refractivity contribution in [3.63, 3.8) is 0 Å². The van der Waals surface area contributed by atoms with Crippen LogP contribution in [0.4, 0.5) is 5.69 Å². The van der Waals surface area contributed by atoms with Crippen LogP contribution in [0.25, 0.3) is 0 Å². The Morgan fingerprint density at radius 1 is 1.18 bits per heavy atom. The average molecular weight is 253 g/mol. The molecule has 0 atom stereocenters. The molecule has 1 aromatic rings. The summed E-state index contributed by atoms with van der Waals surface area (Å²) in [5.41, 5.74) is 1.16. The molecule has 0 aliphatic carbocycles. The van der Waals surface area contributed by atoms with Gasteiger partial charge in [0.1, 0.15) is 5.75 Å². The van der Waals surface area contributed by atoms with Crippen LogP contribution in [0.15, 0.2) is 35.9 Å². The van der Waals surface area contributed by atoms with E-state index in [9.17, 15) is 5.11 Å². The summed E-state index contributed by atoms with van der Waals surface area (Å²) in [6.45, 7) is 8.43. The number of aromatic hydroxyl groups is 1. The first-order valence-electron chi connectivity index (χ1n) is 5.75. The van der Waals surface area contributed by atoms with E-state index in [1.54, 1.807) is 12.1 Å². The normalized spacial score (nSPS) is 17.1. The molecular formula is C13H17ClN2O. The third-order valence-corrected chi connectivity index (χ3v) is 3.10. The molecule has 0 unspecified atom stereocenters.